The number of hydrogen-bond acceptors (Lipinski definition) is 2. The molecule has 21 heavy (non-hydrogen) atoms. The van der Waals surface area contributed by atoms with Gasteiger partial charge in [0.25, 0.3) is 0 Å². The largest absolute Gasteiger partial charge is 0.360 e. The van der Waals surface area contributed by atoms with Crippen molar-refractivity contribution < 1.29 is 0 Å². The highest BCUT2D eigenvalue weighted by molar-refractivity contribution is 7.98. The van der Waals surface area contributed by atoms with Crippen molar-refractivity contribution in [2.75, 3.05) is 13.3 Å². The molecule has 0 radical (unpaired) electrons. The molecule has 0 spiro atoms. The van der Waals surface area contributed by atoms with Gasteiger partial charge < -0.3 is 10.2 Å². The summed E-state index contributed by atoms with van der Waals surface area (Å²) >= 11 is 7.34. The number of rotatable bonds is 4. The predicted molar refractivity (Wildman–Crippen MR) is 96.8 cm³/mol. The molecule has 116 valence electrons. The predicted octanol–water partition coefficient (Wildman–Crippen LogP) is 4.29. The minimum Gasteiger partial charge on any atom is -0.360 e. The Hall–Kier alpha value is -0.740. The molecule has 0 unspecified atom stereocenters. The molecule has 1 fully saturated rings. The van der Waals surface area contributed by atoms with Gasteiger partial charge in [-0.2, -0.15) is 0 Å². The first kappa shape index (κ1) is 16.6. The van der Waals surface area contributed by atoms with Crippen LogP contribution in [-0.2, 0) is 6.54 Å². The molecule has 1 aromatic rings. The Morgan fingerprint density at radius 2 is 1.95 bits per heavy atom. The zero-order valence-corrected chi connectivity index (χ0v) is 14.9. The van der Waals surface area contributed by atoms with Crippen LogP contribution in [-0.4, -0.2) is 29.4 Å². The van der Waals surface area contributed by atoms with Gasteiger partial charge in [-0.15, -0.1) is 11.8 Å². The maximum Gasteiger partial charge on any atom is 0.169 e. The van der Waals surface area contributed by atoms with E-state index in [-0.39, 0.29) is 0 Å². The maximum atomic E-state index is 5.57. The van der Waals surface area contributed by atoms with Crippen LogP contribution in [0.15, 0.2) is 29.2 Å². The lowest BCUT2D eigenvalue weighted by Gasteiger charge is -2.33. The van der Waals surface area contributed by atoms with Crippen LogP contribution in [0.4, 0.5) is 0 Å². The van der Waals surface area contributed by atoms with Gasteiger partial charge in [-0.25, -0.2) is 0 Å². The van der Waals surface area contributed by atoms with E-state index >= 15 is 0 Å². The van der Waals surface area contributed by atoms with Crippen LogP contribution in [0.3, 0.4) is 0 Å². The molecule has 1 aliphatic rings. The standard InChI is InChI=1S/C17H26N2S2/c1-13-6-4-5-7-16(13)18-17(20)19(2)12-14-8-10-15(21-3)11-9-14/h8-11,13,16H,4-7,12H2,1-3H3,(H,18,20)/t13-,16-/m1/s1. The molecule has 0 aliphatic heterocycles. The summed E-state index contributed by atoms with van der Waals surface area (Å²) in [5.74, 6) is 0.728. The van der Waals surface area contributed by atoms with Gasteiger partial charge in [-0.1, -0.05) is 31.9 Å². The molecular formula is C17H26N2S2. The van der Waals surface area contributed by atoms with Crippen molar-refractivity contribution >= 4 is 29.1 Å². The van der Waals surface area contributed by atoms with Crippen molar-refractivity contribution in [1.82, 2.24) is 10.2 Å². The lowest BCUT2D eigenvalue weighted by molar-refractivity contribution is 0.300. The van der Waals surface area contributed by atoms with Crippen molar-refractivity contribution in [3.05, 3.63) is 29.8 Å². The van der Waals surface area contributed by atoms with Crippen molar-refractivity contribution in [2.24, 2.45) is 5.92 Å². The first-order chi connectivity index (χ1) is 10.1. The summed E-state index contributed by atoms with van der Waals surface area (Å²) < 4.78 is 0. The average Bonchev–Trinajstić information content (AvgIpc) is 2.50. The summed E-state index contributed by atoms with van der Waals surface area (Å²) in [7, 11) is 2.07. The third kappa shape index (κ3) is 4.89. The molecule has 0 saturated heterocycles. The third-order valence-electron chi connectivity index (χ3n) is 4.35. The van der Waals surface area contributed by atoms with Crippen molar-refractivity contribution in [2.45, 2.75) is 50.1 Å². The molecule has 1 aliphatic carbocycles. The number of thiocarbonyl (C=S) groups is 1. The van der Waals surface area contributed by atoms with E-state index in [1.54, 1.807) is 11.8 Å². The van der Waals surface area contributed by atoms with Crippen LogP contribution >= 0.6 is 24.0 Å². The monoisotopic (exact) mass is 322 g/mol. The fourth-order valence-corrected chi connectivity index (χ4v) is 3.50. The normalized spacial score (nSPS) is 21.9. The quantitative estimate of drug-likeness (QED) is 0.656. The van der Waals surface area contributed by atoms with Gasteiger partial charge in [0.1, 0.15) is 0 Å². The van der Waals surface area contributed by atoms with Crippen LogP contribution in [0.25, 0.3) is 0 Å². The Kier molecular flexibility index (Phi) is 6.37. The molecule has 2 nitrogen and oxygen atoms in total. The van der Waals surface area contributed by atoms with Gasteiger partial charge in [-0.3, -0.25) is 0 Å². The van der Waals surface area contributed by atoms with Gasteiger partial charge >= 0.3 is 0 Å². The van der Waals surface area contributed by atoms with Crippen LogP contribution in [0, 0.1) is 5.92 Å². The van der Waals surface area contributed by atoms with Gasteiger partial charge in [0.2, 0.25) is 0 Å². The number of nitrogens with zero attached hydrogens (tertiary/aromatic N) is 1. The van der Waals surface area contributed by atoms with E-state index < -0.39 is 0 Å². The number of nitrogens with one attached hydrogen (secondary N) is 1. The lowest BCUT2D eigenvalue weighted by atomic mass is 9.86. The first-order valence-electron chi connectivity index (χ1n) is 7.74. The molecule has 1 aromatic carbocycles. The molecule has 0 aromatic heterocycles. The maximum absolute atomic E-state index is 5.57. The fraction of sp³-hybridized carbons (Fsp3) is 0.588. The topological polar surface area (TPSA) is 15.3 Å². The molecule has 1 saturated carbocycles. The van der Waals surface area contributed by atoms with Gasteiger partial charge in [0.15, 0.2) is 5.11 Å². The van der Waals surface area contributed by atoms with E-state index in [9.17, 15) is 0 Å². The third-order valence-corrected chi connectivity index (χ3v) is 5.52. The molecular weight excluding hydrogens is 296 g/mol. The Bertz CT molecular complexity index is 458. The molecule has 2 atom stereocenters. The smallest absolute Gasteiger partial charge is 0.169 e. The summed E-state index contributed by atoms with van der Waals surface area (Å²) in [6.45, 7) is 3.20. The van der Waals surface area contributed by atoms with Crippen molar-refractivity contribution in [3.63, 3.8) is 0 Å². The Morgan fingerprint density at radius 3 is 2.57 bits per heavy atom. The number of thioether (sulfide) groups is 1. The van der Waals surface area contributed by atoms with E-state index in [4.69, 9.17) is 12.2 Å². The zero-order valence-electron chi connectivity index (χ0n) is 13.3. The van der Waals surface area contributed by atoms with Gasteiger partial charge in [0.05, 0.1) is 0 Å². The molecule has 0 bridgehead atoms. The van der Waals surface area contributed by atoms with E-state index in [1.165, 1.54) is 36.1 Å². The molecule has 0 amide bonds. The average molecular weight is 323 g/mol. The summed E-state index contributed by atoms with van der Waals surface area (Å²) in [6.07, 6.45) is 7.36. The second-order valence-electron chi connectivity index (χ2n) is 6.02. The van der Waals surface area contributed by atoms with E-state index in [0.29, 0.717) is 6.04 Å². The SMILES string of the molecule is CSc1ccc(CN(C)C(=S)N[C@@H]2CCCC[C@H]2C)cc1. The minimum atomic E-state index is 0.549. The van der Waals surface area contributed by atoms with Crippen LogP contribution in [0.1, 0.15) is 38.2 Å². The van der Waals surface area contributed by atoms with E-state index in [0.717, 1.165) is 17.6 Å². The summed E-state index contributed by atoms with van der Waals surface area (Å²) in [5, 5.41) is 4.44. The molecule has 0 heterocycles. The number of benzene rings is 1. The molecule has 1 N–H and O–H groups in total. The van der Waals surface area contributed by atoms with Crippen LogP contribution in [0.5, 0.6) is 0 Å². The number of hydrogen-bond donors (Lipinski definition) is 1. The molecule has 2 rings (SSSR count). The zero-order chi connectivity index (χ0) is 15.2. The second kappa shape index (κ2) is 8.04. The summed E-state index contributed by atoms with van der Waals surface area (Å²) in [4.78, 5) is 3.45. The highest BCUT2D eigenvalue weighted by Crippen LogP contribution is 2.24. The highest BCUT2D eigenvalue weighted by atomic mass is 32.2. The Balaban J connectivity index is 1.86. The highest BCUT2D eigenvalue weighted by Gasteiger charge is 2.22. The Morgan fingerprint density at radius 1 is 1.29 bits per heavy atom. The second-order valence-corrected chi connectivity index (χ2v) is 7.29. The first-order valence-corrected chi connectivity index (χ1v) is 9.38. The van der Waals surface area contributed by atoms with Crippen LogP contribution in [0.2, 0.25) is 0 Å². The van der Waals surface area contributed by atoms with Crippen LogP contribution < -0.4 is 5.32 Å². The summed E-state index contributed by atoms with van der Waals surface area (Å²) in [5.41, 5.74) is 1.30. The van der Waals surface area contributed by atoms with Gasteiger partial charge in [0, 0.05) is 24.5 Å². The van der Waals surface area contributed by atoms with E-state index in [1.807, 2.05) is 0 Å². The lowest BCUT2D eigenvalue weighted by Crippen LogP contribution is -2.46. The van der Waals surface area contributed by atoms with Crippen molar-refractivity contribution in [1.29, 1.82) is 0 Å². The minimum absolute atomic E-state index is 0.549. The van der Waals surface area contributed by atoms with Gasteiger partial charge in [-0.05, 0) is 54.9 Å². The fourth-order valence-electron chi connectivity index (χ4n) is 2.88. The summed E-state index contributed by atoms with van der Waals surface area (Å²) in [6, 6.07) is 9.27. The van der Waals surface area contributed by atoms with Crippen molar-refractivity contribution in [3.8, 4) is 0 Å². The molecule has 4 heteroatoms. The van der Waals surface area contributed by atoms with E-state index in [2.05, 4.69) is 54.7 Å². The Labute approximate surface area is 138 Å².